The van der Waals surface area contributed by atoms with Gasteiger partial charge in [0, 0.05) is 17.1 Å². The second kappa shape index (κ2) is 9.28. The zero-order valence-electron chi connectivity index (χ0n) is 19.2. The molecule has 1 amide bonds. The molecule has 4 aromatic rings. The van der Waals surface area contributed by atoms with Crippen LogP contribution >= 0.6 is 11.6 Å². The molecule has 3 aromatic carbocycles. The zero-order chi connectivity index (χ0) is 23.6. The van der Waals surface area contributed by atoms with Crippen LogP contribution in [-0.4, -0.2) is 16.5 Å². The third-order valence-corrected chi connectivity index (χ3v) is 5.68. The van der Waals surface area contributed by atoms with Crippen LogP contribution in [0, 0.1) is 0 Å². The van der Waals surface area contributed by atoms with Gasteiger partial charge in [-0.3, -0.25) is 4.79 Å². The first kappa shape index (κ1) is 22.9. The van der Waals surface area contributed by atoms with Crippen LogP contribution in [0.15, 0.2) is 71.1 Å². The molecule has 5 nitrogen and oxygen atoms in total. The van der Waals surface area contributed by atoms with Gasteiger partial charge in [-0.05, 0) is 79.4 Å². The van der Waals surface area contributed by atoms with Crippen LogP contribution in [0.4, 0.5) is 5.69 Å². The Kier molecular flexibility index (Phi) is 6.43. The van der Waals surface area contributed by atoms with Crippen LogP contribution in [-0.2, 0) is 11.2 Å². The summed E-state index contributed by atoms with van der Waals surface area (Å²) in [6.07, 6.45) is 0.574. The van der Waals surface area contributed by atoms with Gasteiger partial charge in [0.2, 0.25) is 0 Å². The SMILES string of the molecule is CC(C)c1ccc2oc(Cc3ccc(NC(=O)C(C)(C)Oc4ccc(Cl)cc4)cc3)nc2c1. The van der Waals surface area contributed by atoms with Crippen molar-refractivity contribution in [2.24, 2.45) is 0 Å². The van der Waals surface area contributed by atoms with E-state index in [4.69, 9.17) is 20.8 Å². The van der Waals surface area contributed by atoms with Gasteiger partial charge < -0.3 is 14.5 Å². The number of carbonyl (C=O) groups excluding carboxylic acids is 1. The van der Waals surface area contributed by atoms with Crippen LogP contribution in [0.1, 0.15) is 50.6 Å². The van der Waals surface area contributed by atoms with Gasteiger partial charge in [-0.15, -0.1) is 0 Å². The van der Waals surface area contributed by atoms with Gasteiger partial charge in [0.25, 0.3) is 5.91 Å². The average Bonchev–Trinajstić information content (AvgIpc) is 3.18. The molecule has 0 saturated carbocycles. The molecule has 0 radical (unpaired) electrons. The van der Waals surface area contributed by atoms with E-state index < -0.39 is 5.60 Å². The Morgan fingerprint density at radius 1 is 1.06 bits per heavy atom. The highest BCUT2D eigenvalue weighted by molar-refractivity contribution is 6.30. The normalized spacial score (nSPS) is 11.7. The lowest BCUT2D eigenvalue weighted by Crippen LogP contribution is -2.42. The van der Waals surface area contributed by atoms with Crippen molar-refractivity contribution in [1.82, 2.24) is 4.98 Å². The van der Waals surface area contributed by atoms with Crippen LogP contribution in [0.3, 0.4) is 0 Å². The topological polar surface area (TPSA) is 64.4 Å². The number of fused-ring (bicyclic) bond motifs is 1. The molecule has 0 bridgehead atoms. The molecule has 1 aromatic heterocycles. The Hall–Kier alpha value is -3.31. The molecule has 0 saturated heterocycles. The van der Waals surface area contributed by atoms with Crippen LogP contribution < -0.4 is 10.1 Å². The maximum atomic E-state index is 12.8. The minimum absolute atomic E-state index is 0.245. The number of halogens is 1. The average molecular weight is 463 g/mol. The van der Waals surface area contributed by atoms with E-state index in [2.05, 4.69) is 36.3 Å². The summed E-state index contributed by atoms with van der Waals surface area (Å²) in [7, 11) is 0. The fourth-order valence-corrected chi connectivity index (χ4v) is 3.56. The summed E-state index contributed by atoms with van der Waals surface area (Å²) in [5.74, 6) is 1.44. The molecular weight excluding hydrogens is 436 g/mol. The van der Waals surface area contributed by atoms with E-state index in [1.807, 2.05) is 30.3 Å². The highest BCUT2D eigenvalue weighted by Crippen LogP contribution is 2.24. The monoisotopic (exact) mass is 462 g/mol. The Bertz CT molecular complexity index is 1260. The lowest BCUT2D eigenvalue weighted by molar-refractivity contribution is -0.128. The summed E-state index contributed by atoms with van der Waals surface area (Å²) < 4.78 is 11.8. The number of amides is 1. The number of carbonyl (C=O) groups is 1. The zero-order valence-corrected chi connectivity index (χ0v) is 19.9. The van der Waals surface area contributed by atoms with Crippen molar-refractivity contribution in [1.29, 1.82) is 0 Å². The molecule has 6 heteroatoms. The summed E-state index contributed by atoms with van der Waals surface area (Å²) in [5, 5.41) is 3.53. The molecule has 4 rings (SSSR count). The maximum Gasteiger partial charge on any atom is 0.267 e. The Morgan fingerprint density at radius 3 is 2.42 bits per heavy atom. The highest BCUT2D eigenvalue weighted by atomic mass is 35.5. The van der Waals surface area contributed by atoms with E-state index >= 15 is 0 Å². The summed E-state index contributed by atoms with van der Waals surface area (Å²) >= 11 is 5.91. The number of benzene rings is 3. The standard InChI is InChI=1S/C27H27ClN2O3/c1-17(2)19-7-14-24-23(16-19)30-25(32-24)15-18-5-10-21(11-6-18)29-26(31)27(3,4)33-22-12-8-20(28)9-13-22/h5-14,16-17H,15H2,1-4H3,(H,29,31). The van der Waals surface area contributed by atoms with Crippen molar-refractivity contribution in [3.05, 3.63) is 88.8 Å². The van der Waals surface area contributed by atoms with E-state index in [1.165, 1.54) is 5.56 Å². The van der Waals surface area contributed by atoms with E-state index in [1.54, 1.807) is 38.1 Å². The van der Waals surface area contributed by atoms with E-state index in [9.17, 15) is 4.79 Å². The molecule has 0 aliphatic rings. The van der Waals surface area contributed by atoms with Crippen LogP contribution in [0.25, 0.3) is 11.1 Å². The van der Waals surface area contributed by atoms with E-state index in [0.29, 0.717) is 34.7 Å². The van der Waals surface area contributed by atoms with Crippen LogP contribution in [0.2, 0.25) is 5.02 Å². The first-order chi connectivity index (χ1) is 15.7. The van der Waals surface area contributed by atoms with Crippen LogP contribution in [0.5, 0.6) is 5.75 Å². The van der Waals surface area contributed by atoms with Crippen molar-refractivity contribution < 1.29 is 13.9 Å². The molecule has 0 spiro atoms. The number of rotatable bonds is 7. The predicted octanol–water partition coefficient (Wildman–Crippen LogP) is 6.99. The minimum Gasteiger partial charge on any atom is -0.478 e. The lowest BCUT2D eigenvalue weighted by Gasteiger charge is -2.25. The largest absolute Gasteiger partial charge is 0.478 e. The fraction of sp³-hybridized carbons (Fsp3) is 0.259. The summed E-state index contributed by atoms with van der Waals surface area (Å²) in [6, 6.07) is 20.7. The number of nitrogens with one attached hydrogen (secondary N) is 1. The molecule has 0 fully saturated rings. The molecule has 33 heavy (non-hydrogen) atoms. The number of ether oxygens (including phenoxy) is 1. The van der Waals surface area contributed by atoms with Gasteiger partial charge in [-0.2, -0.15) is 0 Å². The quantitative estimate of drug-likeness (QED) is 0.321. The second-order valence-electron chi connectivity index (χ2n) is 8.88. The summed E-state index contributed by atoms with van der Waals surface area (Å²) in [6.45, 7) is 7.77. The molecule has 170 valence electrons. The Balaban J connectivity index is 1.40. The van der Waals surface area contributed by atoms with E-state index in [-0.39, 0.29) is 5.91 Å². The number of anilines is 1. The summed E-state index contributed by atoms with van der Waals surface area (Å²) in [5.41, 5.74) is 3.59. The third-order valence-electron chi connectivity index (χ3n) is 5.42. The Labute approximate surface area is 198 Å². The van der Waals surface area contributed by atoms with Crippen molar-refractivity contribution in [2.45, 2.75) is 45.6 Å². The maximum absolute atomic E-state index is 12.8. The molecule has 0 unspecified atom stereocenters. The highest BCUT2D eigenvalue weighted by Gasteiger charge is 2.30. The smallest absolute Gasteiger partial charge is 0.267 e. The molecule has 1 N–H and O–H groups in total. The van der Waals surface area contributed by atoms with Gasteiger partial charge >= 0.3 is 0 Å². The first-order valence-electron chi connectivity index (χ1n) is 10.9. The molecule has 0 aliphatic carbocycles. The van der Waals surface area contributed by atoms with Crippen molar-refractivity contribution in [3.8, 4) is 5.75 Å². The van der Waals surface area contributed by atoms with Gasteiger partial charge in [-0.25, -0.2) is 4.98 Å². The minimum atomic E-state index is -1.06. The molecule has 0 aliphatic heterocycles. The molecule has 1 heterocycles. The van der Waals surface area contributed by atoms with Crippen molar-refractivity contribution >= 4 is 34.3 Å². The predicted molar refractivity (Wildman–Crippen MR) is 132 cm³/mol. The van der Waals surface area contributed by atoms with Gasteiger partial charge in [0.15, 0.2) is 17.1 Å². The number of nitrogens with zero attached hydrogens (tertiary/aromatic N) is 1. The molecular formula is C27H27ClN2O3. The third kappa shape index (κ3) is 5.55. The number of hydrogen-bond donors (Lipinski definition) is 1. The number of oxazole rings is 1. The molecule has 0 atom stereocenters. The van der Waals surface area contributed by atoms with Gasteiger partial charge in [0.05, 0.1) is 0 Å². The fourth-order valence-electron chi connectivity index (χ4n) is 3.43. The van der Waals surface area contributed by atoms with Gasteiger partial charge in [-0.1, -0.05) is 43.6 Å². The van der Waals surface area contributed by atoms with E-state index in [0.717, 1.165) is 16.7 Å². The van der Waals surface area contributed by atoms with Crippen molar-refractivity contribution in [2.75, 3.05) is 5.32 Å². The number of hydrogen-bond acceptors (Lipinski definition) is 4. The first-order valence-corrected chi connectivity index (χ1v) is 11.3. The lowest BCUT2D eigenvalue weighted by atomic mass is 10.0. The number of aromatic nitrogens is 1. The Morgan fingerprint density at radius 2 is 1.76 bits per heavy atom. The summed E-state index contributed by atoms with van der Waals surface area (Å²) in [4.78, 5) is 17.4. The van der Waals surface area contributed by atoms with Crippen molar-refractivity contribution in [3.63, 3.8) is 0 Å². The second-order valence-corrected chi connectivity index (χ2v) is 9.32. The van der Waals surface area contributed by atoms with Gasteiger partial charge in [0.1, 0.15) is 11.3 Å².